The van der Waals surface area contributed by atoms with Gasteiger partial charge in [-0.25, -0.2) is 4.98 Å². The number of carbonyl (C=O) groups is 2. The number of anilines is 1. The number of nitrogens with one attached hydrogen (secondary N) is 1. The fraction of sp³-hybridized carbons (Fsp3) is 0.273. The number of rotatable bonds is 3. The van der Waals surface area contributed by atoms with Crippen molar-refractivity contribution in [2.75, 3.05) is 12.4 Å². The Labute approximate surface area is 180 Å². The number of likely N-dealkylation sites (N-methyl/N-ethyl adjacent to an activating group) is 1. The SMILES string of the molecule is CN1C(=O)CCC1C(=O)Nc1cccc2c(=O)n(C)c(-c3cccc(C(F)(F)F)c3)nc12. The summed E-state index contributed by atoms with van der Waals surface area (Å²) < 4.78 is 40.7. The molecule has 0 aliphatic carbocycles. The van der Waals surface area contributed by atoms with Crippen LogP contribution < -0.4 is 10.9 Å². The van der Waals surface area contributed by atoms with Crippen molar-refractivity contribution in [2.24, 2.45) is 7.05 Å². The van der Waals surface area contributed by atoms with E-state index in [1.165, 1.54) is 34.7 Å². The molecule has 1 fully saturated rings. The number of aromatic nitrogens is 2. The highest BCUT2D eigenvalue weighted by atomic mass is 19.4. The van der Waals surface area contributed by atoms with Crippen molar-refractivity contribution >= 4 is 28.4 Å². The van der Waals surface area contributed by atoms with Gasteiger partial charge in [-0.3, -0.25) is 19.0 Å². The fourth-order valence-corrected chi connectivity index (χ4v) is 3.82. The molecular weight excluding hydrogens is 425 g/mol. The zero-order chi connectivity index (χ0) is 23.2. The van der Waals surface area contributed by atoms with Gasteiger partial charge in [-0.2, -0.15) is 13.2 Å². The molecule has 2 heterocycles. The van der Waals surface area contributed by atoms with Crippen LogP contribution in [0.15, 0.2) is 47.3 Å². The van der Waals surface area contributed by atoms with E-state index in [2.05, 4.69) is 10.3 Å². The molecule has 1 unspecified atom stereocenters. The summed E-state index contributed by atoms with van der Waals surface area (Å²) in [5, 5.41) is 2.92. The number of halogens is 3. The van der Waals surface area contributed by atoms with Crippen LogP contribution in [0.3, 0.4) is 0 Å². The molecule has 1 N–H and O–H groups in total. The summed E-state index contributed by atoms with van der Waals surface area (Å²) in [6.07, 6.45) is -3.91. The lowest BCUT2D eigenvalue weighted by atomic mass is 10.1. The molecule has 10 heteroatoms. The van der Waals surface area contributed by atoms with E-state index in [-0.39, 0.29) is 40.3 Å². The average molecular weight is 444 g/mol. The lowest BCUT2D eigenvalue weighted by molar-refractivity contribution is -0.137. The number of fused-ring (bicyclic) bond motifs is 1. The molecule has 0 radical (unpaired) electrons. The first-order chi connectivity index (χ1) is 15.1. The molecule has 1 aromatic heterocycles. The minimum absolute atomic E-state index is 0.0310. The van der Waals surface area contributed by atoms with E-state index in [0.717, 1.165) is 12.1 Å². The maximum absolute atomic E-state index is 13.2. The van der Waals surface area contributed by atoms with Crippen molar-refractivity contribution < 1.29 is 22.8 Å². The Bertz CT molecular complexity index is 1300. The van der Waals surface area contributed by atoms with Crippen LogP contribution in [-0.4, -0.2) is 39.4 Å². The Balaban J connectivity index is 1.81. The molecule has 4 rings (SSSR count). The first-order valence-corrected chi connectivity index (χ1v) is 9.82. The molecule has 32 heavy (non-hydrogen) atoms. The van der Waals surface area contributed by atoms with Gasteiger partial charge < -0.3 is 10.2 Å². The van der Waals surface area contributed by atoms with Gasteiger partial charge in [-0.1, -0.05) is 18.2 Å². The highest BCUT2D eigenvalue weighted by molar-refractivity contribution is 6.04. The van der Waals surface area contributed by atoms with Gasteiger partial charge in [0.05, 0.1) is 16.6 Å². The number of benzene rings is 2. The van der Waals surface area contributed by atoms with Gasteiger partial charge in [0.15, 0.2) is 0 Å². The molecule has 166 valence electrons. The van der Waals surface area contributed by atoms with Crippen molar-refractivity contribution in [2.45, 2.75) is 25.1 Å². The van der Waals surface area contributed by atoms with Crippen LogP contribution in [0.4, 0.5) is 18.9 Å². The molecular formula is C22H19F3N4O3. The lowest BCUT2D eigenvalue weighted by Crippen LogP contribution is -2.39. The zero-order valence-corrected chi connectivity index (χ0v) is 17.2. The maximum Gasteiger partial charge on any atom is 0.416 e. The van der Waals surface area contributed by atoms with Crippen LogP contribution in [0.2, 0.25) is 0 Å². The Morgan fingerprint density at radius 2 is 1.84 bits per heavy atom. The molecule has 3 aromatic rings. The van der Waals surface area contributed by atoms with E-state index in [1.54, 1.807) is 19.2 Å². The largest absolute Gasteiger partial charge is 0.416 e. The fourth-order valence-electron chi connectivity index (χ4n) is 3.82. The van der Waals surface area contributed by atoms with Crippen molar-refractivity contribution in [3.63, 3.8) is 0 Å². The number of nitrogens with zero attached hydrogens (tertiary/aromatic N) is 3. The number of hydrogen-bond acceptors (Lipinski definition) is 4. The monoisotopic (exact) mass is 444 g/mol. The Kier molecular flexibility index (Phi) is 5.23. The predicted octanol–water partition coefficient (Wildman–Crippen LogP) is 3.18. The Morgan fingerprint density at radius 3 is 2.50 bits per heavy atom. The summed E-state index contributed by atoms with van der Waals surface area (Å²) in [4.78, 5) is 43.2. The van der Waals surface area contributed by atoms with E-state index in [4.69, 9.17) is 0 Å². The molecule has 2 aromatic carbocycles. The first-order valence-electron chi connectivity index (χ1n) is 9.82. The van der Waals surface area contributed by atoms with Crippen LogP contribution >= 0.6 is 0 Å². The second-order valence-electron chi connectivity index (χ2n) is 7.63. The average Bonchev–Trinajstić information content (AvgIpc) is 3.09. The summed E-state index contributed by atoms with van der Waals surface area (Å²) in [6.45, 7) is 0. The summed E-state index contributed by atoms with van der Waals surface area (Å²) >= 11 is 0. The number of amides is 2. The molecule has 2 amide bonds. The van der Waals surface area contributed by atoms with Crippen molar-refractivity contribution in [1.82, 2.24) is 14.5 Å². The summed E-state index contributed by atoms with van der Waals surface area (Å²) in [5.74, 6) is -0.528. The zero-order valence-electron chi connectivity index (χ0n) is 17.2. The van der Waals surface area contributed by atoms with E-state index in [1.807, 2.05) is 0 Å². The third-order valence-corrected chi connectivity index (χ3v) is 5.61. The highest BCUT2D eigenvalue weighted by Gasteiger charge is 2.34. The van der Waals surface area contributed by atoms with Gasteiger partial charge in [-0.15, -0.1) is 0 Å². The minimum atomic E-state index is -4.55. The van der Waals surface area contributed by atoms with E-state index in [0.29, 0.717) is 6.42 Å². The van der Waals surface area contributed by atoms with Crippen LogP contribution in [0.5, 0.6) is 0 Å². The van der Waals surface area contributed by atoms with Gasteiger partial charge in [0, 0.05) is 26.1 Å². The Morgan fingerprint density at radius 1 is 1.12 bits per heavy atom. The van der Waals surface area contributed by atoms with E-state index < -0.39 is 29.2 Å². The van der Waals surface area contributed by atoms with Gasteiger partial charge in [-0.05, 0) is 30.7 Å². The van der Waals surface area contributed by atoms with Crippen molar-refractivity contribution in [1.29, 1.82) is 0 Å². The Hall–Kier alpha value is -3.69. The molecule has 0 saturated carbocycles. The quantitative estimate of drug-likeness (QED) is 0.673. The molecule has 1 saturated heterocycles. The van der Waals surface area contributed by atoms with Crippen molar-refractivity contribution in [3.8, 4) is 11.4 Å². The van der Waals surface area contributed by atoms with Crippen molar-refractivity contribution in [3.05, 3.63) is 58.4 Å². The van der Waals surface area contributed by atoms with Gasteiger partial charge in [0.25, 0.3) is 5.56 Å². The number of para-hydroxylation sites is 1. The van der Waals surface area contributed by atoms with Crippen LogP contribution in [0.25, 0.3) is 22.3 Å². The third kappa shape index (κ3) is 3.72. The summed E-state index contributed by atoms with van der Waals surface area (Å²) in [6, 6.07) is 8.56. The summed E-state index contributed by atoms with van der Waals surface area (Å²) in [5.41, 5.74) is -0.815. The minimum Gasteiger partial charge on any atom is -0.334 e. The van der Waals surface area contributed by atoms with Crippen LogP contribution in [-0.2, 0) is 22.8 Å². The highest BCUT2D eigenvalue weighted by Crippen LogP contribution is 2.32. The molecule has 1 aliphatic rings. The molecule has 1 aliphatic heterocycles. The number of carbonyl (C=O) groups excluding carboxylic acids is 2. The molecule has 0 spiro atoms. The van der Waals surface area contributed by atoms with Crippen LogP contribution in [0, 0.1) is 0 Å². The molecule has 0 bridgehead atoms. The van der Waals surface area contributed by atoms with E-state index >= 15 is 0 Å². The maximum atomic E-state index is 13.2. The van der Waals surface area contributed by atoms with Gasteiger partial charge in [0.2, 0.25) is 11.8 Å². The van der Waals surface area contributed by atoms with Crippen LogP contribution in [0.1, 0.15) is 18.4 Å². The van der Waals surface area contributed by atoms with Gasteiger partial charge in [0.1, 0.15) is 17.4 Å². The smallest absolute Gasteiger partial charge is 0.334 e. The lowest BCUT2D eigenvalue weighted by Gasteiger charge is -2.20. The number of likely N-dealkylation sites (tertiary alicyclic amines) is 1. The number of hydrogen-bond donors (Lipinski definition) is 1. The first kappa shape index (κ1) is 21.5. The third-order valence-electron chi connectivity index (χ3n) is 5.61. The standard InChI is InChI=1S/C22H19F3N4O3/c1-28-16(9-10-17(28)30)20(31)26-15-8-4-7-14-18(15)27-19(29(2)21(14)32)12-5-3-6-13(11-12)22(23,24)25/h3-8,11,16H,9-10H2,1-2H3,(H,26,31). The predicted molar refractivity (Wildman–Crippen MR) is 112 cm³/mol. The topological polar surface area (TPSA) is 84.3 Å². The molecule has 7 nitrogen and oxygen atoms in total. The van der Waals surface area contributed by atoms with E-state index in [9.17, 15) is 27.6 Å². The molecule has 1 atom stereocenters. The normalized spacial score (nSPS) is 16.6. The summed E-state index contributed by atoms with van der Waals surface area (Å²) in [7, 11) is 2.97. The second-order valence-corrected chi connectivity index (χ2v) is 7.63. The number of alkyl halides is 3. The second kappa shape index (κ2) is 7.77. The van der Waals surface area contributed by atoms with Gasteiger partial charge >= 0.3 is 6.18 Å².